The quantitative estimate of drug-likeness (QED) is 0.114. The first-order valence-electron chi connectivity index (χ1n) is 16.1. The van der Waals surface area contributed by atoms with E-state index in [0.717, 1.165) is 19.3 Å². The number of pyridine rings is 1. The number of aromatic nitrogens is 3. The summed E-state index contributed by atoms with van der Waals surface area (Å²) in [5.41, 5.74) is 0.0511. The van der Waals surface area contributed by atoms with Gasteiger partial charge in [0.25, 0.3) is 5.91 Å². The molecule has 9 nitrogen and oxygen atoms in total. The molecule has 4 aromatic rings. The molecule has 4 atom stereocenters. The molecule has 7 rings (SSSR count). The Labute approximate surface area is 284 Å². The van der Waals surface area contributed by atoms with Crippen molar-refractivity contribution in [2.75, 3.05) is 50.9 Å². The normalized spacial score (nSPS) is 22.2. The number of hydrogen-bond donors (Lipinski definition) is 0. The third-order valence-electron chi connectivity index (χ3n) is 10.0. The molecule has 0 spiro atoms. The van der Waals surface area contributed by atoms with Gasteiger partial charge in [0.2, 0.25) is 6.54 Å². The van der Waals surface area contributed by atoms with Crippen LogP contribution in [0.25, 0.3) is 37.8 Å². The highest BCUT2D eigenvalue weighted by Gasteiger charge is 2.46. The minimum Gasteiger partial charge on any atom is -0.462 e. The van der Waals surface area contributed by atoms with Crippen LogP contribution in [0.15, 0.2) is 48.9 Å². The Kier molecular flexibility index (Phi) is 9.02. The molecular formula is C35H32ClF4N7O2. The number of fused-ring (bicyclic) bond motifs is 4. The maximum atomic E-state index is 16.8. The van der Waals surface area contributed by atoms with E-state index in [2.05, 4.69) is 31.3 Å². The number of amides is 1. The Hall–Kier alpha value is -4.54. The summed E-state index contributed by atoms with van der Waals surface area (Å²) in [5, 5.41) is 0.957. The van der Waals surface area contributed by atoms with Crippen LogP contribution in [0.2, 0.25) is 5.02 Å². The van der Waals surface area contributed by atoms with Gasteiger partial charge in [-0.05, 0) is 36.6 Å². The van der Waals surface area contributed by atoms with Crippen LogP contribution in [0, 0.1) is 24.1 Å². The summed E-state index contributed by atoms with van der Waals surface area (Å²) < 4.78 is 64.9. The van der Waals surface area contributed by atoms with E-state index >= 15 is 4.39 Å². The lowest BCUT2D eigenvalue weighted by molar-refractivity contribution is -0.131. The molecule has 254 valence electrons. The summed E-state index contributed by atoms with van der Waals surface area (Å²) in [7, 11) is 0. The number of carbonyl (C=O) groups excluding carboxylic acids is 1. The number of piperidine rings is 1. The van der Waals surface area contributed by atoms with Gasteiger partial charge in [-0.15, -0.1) is 0 Å². The van der Waals surface area contributed by atoms with Crippen LogP contribution in [-0.4, -0.2) is 94.8 Å². The van der Waals surface area contributed by atoms with Gasteiger partial charge in [0, 0.05) is 55.4 Å². The van der Waals surface area contributed by atoms with Gasteiger partial charge in [-0.1, -0.05) is 42.4 Å². The van der Waals surface area contributed by atoms with Gasteiger partial charge in [0.05, 0.1) is 10.4 Å². The van der Waals surface area contributed by atoms with Crippen molar-refractivity contribution in [3.05, 3.63) is 77.0 Å². The Morgan fingerprint density at radius 3 is 2.78 bits per heavy atom. The molecule has 49 heavy (non-hydrogen) atoms. The van der Waals surface area contributed by atoms with Gasteiger partial charge in [-0.3, -0.25) is 14.7 Å². The van der Waals surface area contributed by atoms with Crippen LogP contribution >= 0.6 is 11.6 Å². The van der Waals surface area contributed by atoms with Gasteiger partial charge in [0.1, 0.15) is 42.2 Å². The second-order valence-electron chi connectivity index (χ2n) is 12.7. The maximum absolute atomic E-state index is 16.8. The number of nitrogens with zero attached hydrogens (tertiary/aromatic N) is 7. The lowest BCUT2D eigenvalue weighted by Crippen LogP contribution is -2.56. The van der Waals surface area contributed by atoms with Crippen molar-refractivity contribution in [1.29, 1.82) is 0 Å². The van der Waals surface area contributed by atoms with Gasteiger partial charge >= 0.3 is 6.01 Å². The molecule has 14 heteroatoms. The Morgan fingerprint density at radius 2 is 2.00 bits per heavy atom. The van der Waals surface area contributed by atoms with Crippen molar-refractivity contribution in [3.8, 4) is 17.3 Å². The number of carbonyl (C=O) groups is 1. The van der Waals surface area contributed by atoms with Gasteiger partial charge in [-0.25, -0.2) is 24.1 Å². The van der Waals surface area contributed by atoms with Crippen molar-refractivity contribution in [2.45, 2.75) is 37.4 Å². The second kappa shape index (κ2) is 13.4. The fourth-order valence-electron chi connectivity index (χ4n) is 7.78. The molecule has 1 aliphatic carbocycles. The number of piperazine rings is 1. The van der Waals surface area contributed by atoms with E-state index in [4.69, 9.17) is 22.9 Å². The maximum Gasteiger partial charge on any atom is 0.319 e. The third-order valence-corrected chi connectivity index (χ3v) is 10.4. The molecule has 3 fully saturated rings. The lowest BCUT2D eigenvalue weighted by atomic mass is 9.99. The first-order valence-corrected chi connectivity index (χ1v) is 16.5. The first kappa shape index (κ1) is 33.0. The fraction of sp³-hybridized carbons (Fsp3) is 0.400. The molecule has 2 aliphatic heterocycles. The zero-order chi connectivity index (χ0) is 34.4. The standard InChI is InChI=1S/C35H32ClF4N7O2/c1-19(38)34(48)47-13-12-45(17-23(47)15-41-2)33-25-16-42-31(24-5-3-4-20-7-9-26(39)29(36)28(20)24)30(40)32(25)43-35(44-33)49-18-27-21-6-8-22(14-21)46(27)11-10-37/h3-5,7,9,16,21-23,27H,1,6,8,10-15,17-18H2/t21?,22-,23-,27-/m0/s1. The summed E-state index contributed by atoms with van der Waals surface area (Å²) in [6, 6.07) is 7.26. The SMILES string of the molecule is [C-]#[N+]C[C@H]1CN(c2nc(OC[C@H]3C4CC[C@@H](C4)N3CCF)nc3c(F)c(-c4cccc5ccc(F)c(Cl)c45)ncc23)CCN1C(=O)C(=C)F. The van der Waals surface area contributed by atoms with E-state index in [-0.39, 0.29) is 77.8 Å². The number of ether oxygens (including phenoxy) is 1. The molecule has 1 saturated carbocycles. The van der Waals surface area contributed by atoms with Crippen LogP contribution in [0.5, 0.6) is 6.01 Å². The number of hydrogen-bond acceptors (Lipinski definition) is 7. The molecule has 2 bridgehead atoms. The minimum atomic E-state index is -1.12. The van der Waals surface area contributed by atoms with Crippen LogP contribution < -0.4 is 9.64 Å². The van der Waals surface area contributed by atoms with Crippen molar-refractivity contribution in [3.63, 3.8) is 0 Å². The Bertz CT molecular complexity index is 2010. The molecule has 1 unspecified atom stereocenters. The van der Waals surface area contributed by atoms with Gasteiger partial charge < -0.3 is 19.4 Å². The fourth-order valence-corrected chi connectivity index (χ4v) is 8.05. The number of benzene rings is 2. The molecule has 0 N–H and O–H groups in total. The van der Waals surface area contributed by atoms with Gasteiger partial charge in [-0.2, -0.15) is 9.97 Å². The number of alkyl halides is 1. The molecule has 2 aromatic heterocycles. The molecule has 0 radical (unpaired) electrons. The second-order valence-corrected chi connectivity index (χ2v) is 13.0. The lowest BCUT2D eigenvalue weighted by Gasteiger charge is -2.39. The van der Waals surface area contributed by atoms with Gasteiger partial charge in [0.15, 0.2) is 11.6 Å². The van der Waals surface area contributed by atoms with E-state index in [1.807, 2.05) is 0 Å². The Balaban J connectivity index is 1.32. The zero-order valence-electron chi connectivity index (χ0n) is 26.4. The molecule has 2 aromatic carbocycles. The van der Waals surface area contributed by atoms with Crippen molar-refractivity contribution in [2.24, 2.45) is 5.92 Å². The van der Waals surface area contributed by atoms with Crippen molar-refractivity contribution in [1.82, 2.24) is 24.8 Å². The van der Waals surface area contributed by atoms with Crippen LogP contribution in [-0.2, 0) is 4.79 Å². The zero-order valence-corrected chi connectivity index (χ0v) is 27.1. The smallest absolute Gasteiger partial charge is 0.319 e. The Morgan fingerprint density at radius 1 is 1.16 bits per heavy atom. The summed E-state index contributed by atoms with van der Waals surface area (Å²) in [4.78, 5) is 34.8. The summed E-state index contributed by atoms with van der Waals surface area (Å²) >= 11 is 6.38. The van der Waals surface area contributed by atoms with E-state index in [1.54, 1.807) is 29.2 Å². The monoisotopic (exact) mass is 693 g/mol. The highest BCUT2D eigenvalue weighted by atomic mass is 35.5. The molecule has 1 amide bonds. The molecule has 4 heterocycles. The topological polar surface area (TPSA) is 79.1 Å². The van der Waals surface area contributed by atoms with Crippen LogP contribution in [0.3, 0.4) is 0 Å². The summed E-state index contributed by atoms with van der Waals surface area (Å²) in [5.74, 6) is -2.88. The summed E-state index contributed by atoms with van der Waals surface area (Å²) in [6.07, 6.45) is 4.41. The molecular weight excluding hydrogens is 662 g/mol. The average Bonchev–Trinajstić information content (AvgIpc) is 3.71. The third kappa shape index (κ3) is 5.91. The largest absolute Gasteiger partial charge is 0.462 e. The molecule has 2 saturated heterocycles. The average molecular weight is 694 g/mol. The molecule has 3 aliphatic rings. The van der Waals surface area contributed by atoms with Crippen LogP contribution in [0.1, 0.15) is 19.3 Å². The number of halogens is 5. The predicted octanol–water partition coefficient (Wildman–Crippen LogP) is 6.40. The minimum absolute atomic E-state index is 0.0470. The van der Waals surface area contributed by atoms with E-state index in [0.29, 0.717) is 29.3 Å². The number of rotatable bonds is 9. The van der Waals surface area contributed by atoms with Crippen molar-refractivity contribution >= 4 is 45.0 Å². The van der Waals surface area contributed by atoms with E-state index < -0.39 is 36.1 Å². The van der Waals surface area contributed by atoms with E-state index in [1.165, 1.54) is 17.2 Å². The van der Waals surface area contributed by atoms with Crippen LogP contribution in [0.4, 0.5) is 23.4 Å². The summed E-state index contributed by atoms with van der Waals surface area (Å²) in [6.45, 7) is 10.8. The van der Waals surface area contributed by atoms with Crippen molar-refractivity contribution < 1.29 is 27.1 Å². The highest BCUT2D eigenvalue weighted by Crippen LogP contribution is 2.43. The first-order chi connectivity index (χ1) is 23.7. The highest BCUT2D eigenvalue weighted by molar-refractivity contribution is 6.36. The van der Waals surface area contributed by atoms with E-state index in [9.17, 15) is 18.0 Å². The number of anilines is 1. The predicted molar refractivity (Wildman–Crippen MR) is 178 cm³/mol. The number of likely N-dealkylation sites (tertiary alicyclic amines) is 1.